The molecule has 2 aliphatic rings. The predicted molar refractivity (Wildman–Crippen MR) is 128 cm³/mol. The Kier molecular flexibility index (Phi) is 7.87. The lowest BCUT2D eigenvalue weighted by Crippen LogP contribution is -2.46. The number of hydrogen-bond acceptors (Lipinski definition) is 6. The number of carbonyl (C=O) groups is 2. The summed E-state index contributed by atoms with van der Waals surface area (Å²) in [5.74, 6) is -3.39. The second-order valence-corrected chi connectivity index (χ2v) is 11.5. The summed E-state index contributed by atoms with van der Waals surface area (Å²) in [4.78, 5) is 22.1. The van der Waals surface area contributed by atoms with E-state index in [0.29, 0.717) is 0 Å². The monoisotopic (exact) mass is 558 g/mol. The number of aromatic hydroxyl groups is 1. The van der Waals surface area contributed by atoms with Crippen molar-refractivity contribution in [3.8, 4) is 5.75 Å². The molecule has 0 bridgehead atoms. The van der Waals surface area contributed by atoms with Gasteiger partial charge in [-0.3, -0.25) is 0 Å². The summed E-state index contributed by atoms with van der Waals surface area (Å²) in [6, 6.07) is 1.97. The molecule has 1 aliphatic carbocycles. The number of carbonyl (C=O) groups excluding carboxylic acids is 1. The molecule has 1 saturated heterocycles. The molecule has 36 heavy (non-hydrogen) atoms. The molecule has 0 aromatic heterocycles. The van der Waals surface area contributed by atoms with Crippen LogP contribution in [0.3, 0.4) is 0 Å². The number of hydrogen-bond donors (Lipinski definition) is 4. The molecule has 1 fully saturated rings. The minimum atomic E-state index is -5.08. The van der Waals surface area contributed by atoms with E-state index < -0.39 is 50.4 Å². The van der Waals surface area contributed by atoms with Gasteiger partial charge in [0, 0.05) is 4.11 Å². The van der Waals surface area contributed by atoms with E-state index in [9.17, 15) is 31.5 Å². The Morgan fingerprint density at radius 2 is 1.86 bits per heavy atom. The first-order valence-electron chi connectivity index (χ1n) is 12.3. The largest absolute Gasteiger partial charge is 0.504 e. The van der Waals surface area contributed by atoms with E-state index in [1.165, 1.54) is 24.0 Å². The highest BCUT2D eigenvalue weighted by atomic mass is 35.5. The van der Waals surface area contributed by atoms with Gasteiger partial charge < -0.3 is 25.7 Å². The molecule has 4 N–H and O–H groups in total. The van der Waals surface area contributed by atoms with Crippen molar-refractivity contribution >= 4 is 39.1 Å². The van der Waals surface area contributed by atoms with E-state index in [-0.39, 0.29) is 42.7 Å². The van der Waals surface area contributed by atoms with Crippen molar-refractivity contribution in [3.05, 3.63) is 28.8 Å². The molecule has 14 heteroatoms. The molecule has 3 rings (SSSR count). The second-order valence-electron chi connectivity index (χ2n) is 8.69. The number of urea groups is 1. The van der Waals surface area contributed by atoms with Crippen LogP contribution < -0.4 is 10.6 Å². The average molecular weight is 559 g/mol. The number of benzene rings is 1. The number of rotatable bonds is 4. The number of piperidine rings is 1. The fourth-order valence-corrected chi connectivity index (χ4v) is 6.11. The Hall–Kier alpha value is -2.51. The number of likely N-dealkylation sites (tertiary alicyclic amines) is 1. The van der Waals surface area contributed by atoms with E-state index in [2.05, 4.69) is 10.6 Å². The number of phenolic OH excluding ortho intramolecular Hbond substituents is 1. The predicted octanol–water partition coefficient (Wildman–Crippen LogP) is 4.17. The second kappa shape index (κ2) is 11.3. The number of nitrogens with zero attached hydrogens (tertiary/aromatic N) is 1. The first kappa shape index (κ1) is 25.2. The van der Waals surface area contributed by atoms with Crippen LogP contribution in [0, 0.1) is 0 Å². The van der Waals surface area contributed by atoms with Gasteiger partial charge in [0.15, 0.2) is 15.6 Å². The zero-order valence-corrected chi connectivity index (χ0v) is 21.0. The highest BCUT2D eigenvalue weighted by molar-refractivity contribution is 7.93. The molecule has 0 spiro atoms. The number of carboxylic acids is 1. The Morgan fingerprint density at radius 1 is 1.28 bits per heavy atom. The molecule has 0 unspecified atom stereocenters. The van der Waals surface area contributed by atoms with E-state index in [1.807, 2.05) is 13.0 Å². The topological polar surface area (TPSA) is 136 Å². The zero-order chi connectivity index (χ0) is 30.0. The van der Waals surface area contributed by atoms with Crippen molar-refractivity contribution in [2.45, 2.75) is 61.4 Å². The van der Waals surface area contributed by atoms with Crippen molar-refractivity contribution in [1.29, 1.82) is 0 Å². The van der Waals surface area contributed by atoms with Gasteiger partial charge in [-0.15, -0.1) is 0 Å². The molecule has 0 radical (unpaired) electrons. The Balaban J connectivity index is 0.000000673. The number of amides is 2. The van der Waals surface area contributed by atoms with Gasteiger partial charge in [-0.25, -0.2) is 18.0 Å². The van der Waals surface area contributed by atoms with Crippen LogP contribution in [0.4, 0.5) is 23.7 Å². The minimum Gasteiger partial charge on any atom is -0.504 e. The molecule has 1 aromatic carbocycles. The minimum absolute atomic E-state index is 0.0644. The Labute approximate surface area is 216 Å². The van der Waals surface area contributed by atoms with Crippen LogP contribution in [0.1, 0.15) is 43.6 Å². The molecule has 0 saturated carbocycles. The molecule has 1 aromatic rings. The van der Waals surface area contributed by atoms with Crippen molar-refractivity contribution in [2.24, 2.45) is 0 Å². The third-order valence-corrected chi connectivity index (χ3v) is 9.17. The maximum Gasteiger partial charge on any atom is 0.490 e. The quantitative estimate of drug-likeness (QED) is 0.322. The molecule has 2 amide bonds. The number of phenols is 1. The van der Waals surface area contributed by atoms with Crippen LogP contribution >= 0.6 is 11.6 Å². The molecule has 1 heterocycles. The van der Waals surface area contributed by atoms with Gasteiger partial charge in [0.2, 0.25) is 0 Å². The summed E-state index contributed by atoms with van der Waals surface area (Å²) in [5.41, 5.74) is 0.966. The zero-order valence-electron chi connectivity index (χ0n) is 22.4. The van der Waals surface area contributed by atoms with E-state index in [4.69, 9.17) is 25.6 Å². The average Bonchev–Trinajstić information content (AvgIpc) is 3.19. The molecular weight excluding hydrogens is 527 g/mol. The third kappa shape index (κ3) is 6.83. The van der Waals surface area contributed by atoms with Gasteiger partial charge in [0.05, 0.1) is 21.5 Å². The summed E-state index contributed by atoms with van der Waals surface area (Å²) in [7, 11) is -4.15. The molecule has 202 valence electrons. The molecule has 9 nitrogen and oxygen atoms in total. The van der Waals surface area contributed by atoms with Crippen molar-refractivity contribution in [2.75, 3.05) is 25.4 Å². The normalized spacial score (nSPS) is 21.7. The van der Waals surface area contributed by atoms with Crippen molar-refractivity contribution < 1.29 is 45.5 Å². The van der Waals surface area contributed by atoms with E-state index in [0.717, 1.165) is 18.4 Å². The highest BCUT2D eigenvalue weighted by Crippen LogP contribution is 2.44. The SMILES string of the molecule is O=C(O)C(F)(F)F.[2H]C([2H])([2H])N1CCC(C)(S(=O)(=O)c2c(Cl)ccc(NC(=O)N[C@@H]3CCC=C3C)c2O)CC1. The standard InChI is InChI=1S/C20H28ClN3O4S.C2HF3O2/c1-13-5-4-6-15(13)22-19(26)23-16-8-7-14(21)18(17(16)25)29(27,28)20(2)9-11-24(3)12-10-20;3-2(4,5)1(6)7/h5,7-8,15,25H,4,6,9-12H2,1-3H3,(H2,22,23,26);(H,6,7)/t15-;/m1./s1/i3D3;. The van der Waals surface area contributed by atoms with Crippen LogP contribution in [-0.4, -0.2) is 72.6 Å². The lowest BCUT2D eigenvalue weighted by atomic mass is 9.98. The summed E-state index contributed by atoms with van der Waals surface area (Å²) in [6.45, 7) is 1.28. The van der Waals surface area contributed by atoms with Crippen LogP contribution in [0.25, 0.3) is 0 Å². The van der Waals surface area contributed by atoms with Gasteiger partial charge in [-0.2, -0.15) is 13.2 Å². The van der Waals surface area contributed by atoms with Crippen LogP contribution in [0.5, 0.6) is 5.75 Å². The third-order valence-electron chi connectivity index (χ3n) is 6.09. The lowest BCUT2D eigenvalue weighted by Gasteiger charge is -2.37. The number of halogens is 4. The number of aliphatic carboxylic acids is 1. The van der Waals surface area contributed by atoms with Gasteiger partial charge in [-0.05, 0) is 71.7 Å². The number of anilines is 1. The van der Waals surface area contributed by atoms with Crippen LogP contribution in [-0.2, 0) is 14.6 Å². The smallest absolute Gasteiger partial charge is 0.490 e. The van der Waals surface area contributed by atoms with E-state index in [1.54, 1.807) is 0 Å². The number of alkyl halides is 3. The number of sulfone groups is 1. The first-order chi connectivity index (χ1) is 17.7. The molecule has 1 aliphatic heterocycles. The summed E-state index contributed by atoms with van der Waals surface area (Å²) in [5, 5.41) is 23.0. The number of nitrogens with one attached hydrogen (secondary N) is 2. The maximum absolute atomic E-state index is 13.5. The lowest BCUT2D eigenvalue weighted by molar-refractivity contribution is -0.192. The van der Waals surface area contributed by atoms with E-state index >= 15 is 0 Å². The number of carboxylic acid groups (broad SMARTS) is 1. The molecule has 1 atom stereocenters. The summed E-state index contributed by atoms with van der Waals surface area (Å²) >= 11 is 6.19. The van der Waals surface area contributed by atoms with Gasteiger partial charge in [0.1, 0.15) is 4.90 Å². The fraction of sp³-hybridized carbons (Fsp3) is 0.545. The maximum atomic E-state index is 13.5. The van der Waals surface area contributed by atoms with Gasteiger partial charge in [0.25, 0.3) is 0 Å². The van der Waals surface area contributed by atoms with Crippen LogP contribution in [0.2, 0.25) is 5.02 Å². The van der Waals surface area contributed by atoms with Crippen molar-refractivity contribution in [3.63, 3.8) is 0 Å². The highest BCUT2D eigenvalue weighted by Gasteiger charge is 2.45. The Bertz CT molecular complexity index is 1230. The summed E-state index contributed by atoms with van der Waals surface area (Å²) < 4.78 is 80.1. The van der Waals surface area contributed by atoms with Gasteiger partial charge >= 0.3 is 18.2 Å². The van der Waals surface area contributed by atoms with Crippen molar-refractivity contribution in [1.82, 2.24) is 10.2 Å². The fourth-order valence-electron chi connectivity index (χ4n) is 3.75. The Morgan fingerprint density at radius 3 is 2.33 bits per heavy atom. The van der Waals surface area contributed by atoms with Gasteiger partial charge in [-0.1, -0.05) is 23.3 Å². The van der Waals surface area contributed by atoms with Crippen LogP contribution in [0.15, 0.2) is 28.7 Å². The molecular formula is C22H29ClF3N3O6S. The number of allylic oxidation sites excluding steroid dienone is 1. The summed E-state index contributed by atoms with van der Waals surface area (Å²) in [6.07, 6.45) is -1.28. The first-order valence-corrected chi connectivity index (χ1v) is 12.6.